The molecule has 88 valence electrons. The quantitative estimate of drug-likeness (QED) is 0.904. The molecule has 0 saturated carbocycles. The average Bonchev–Trinajstić information content (AvgIpc) is 2.37. The zero-order valence-electron chi connectivity index (χ0n) is 9.01. The monoisotopic (exact) mass is 250 g/mol. The molecule has 4 nitrogen and oxygen atoms in total. The number of ether oxygens (including phenoxy) is 1. The maximum absolute atomic E-state index is 8.77. The molecule has 1 N–H and O–H groups in total. The van der Waals surface area contributed by atoms with Gasteiger partial charge in [-0.3, -0.25) is 0 Å². The molecule has 5 heteroatoms. The standard InChI is InChI=1S/C12H11ClN2O2/c13-9-1-2-10(11-3-4-14-8-15-11)12(7-9)17-6-5-16/h1-4,7-8,16H,5-6H2. The second-order valence-electron chi connectivity index (χ2n) is 3.31. The molecule has 0 radical (unpaired) electrons. The first-order chi connectivity index (χ1) is 8.31. The average molecular weight is 251 g/mol. The summed E-state index contributed by atoms with van der Waals surface area (Å²) in [6.07, 6.45) is 3.13. The van der Waals surface area contributed by atoms with E-state index in [1.807, 2.05) is 6.07 Å². The topological polar surface area (TPSA) is 55.2 Å². The van der Waals surface area contributed by atoms with E-state index in [-0.39, 0.29) is 13.2 Å². The molecule has 2 rings (SSSR count). The van der Waals surface area contributed by atoms with Crippen LogP contribution in [0.1, 0.15) is 0 Å². The van der Waals surface area contributed by atoms with Gasteiger partial charge in [-0.2, -0.15) is 0 Å². The zero-order chi connectivity index (χ0) is 12.1. The Balaban J connectivity index is 2.39. The van der Waals surface area contributed by atoms with E-state index in [4.69, 9.17) is 21.4 Å². The molecule has 1 aromatic heterocycles. The van der Waals surface area contributed by atoms with Gasteiger partial charge in [0.05, 0.1) is 12.3 Å². The SMILES string of the molecule is OCCOc1cc(Cl)ccc1-c1ccncn1. The number of aliphatic hydroxyl groups is 1. The molecule has 0 bridgehead atoms. The van der Waals surface area contributed by atoms with Crippen LogP contribution < -0.4 is 4.74 Å². The fourth-order valence-corrected chi connectivity index (χ4v) is 1.59. The molecule has 1 heterocycles. The lowest BCUT2D eigenvalue weighted by molar-refractivity contribution is 0.202. The molecule has 0 saturated heterocycles. The van der Waals surface area contributed by atoms with Crippen LogP contribution in [0.25, 0.3) is 11.3 Å². The van der Waals surface area contributed by atoms with Gasteiger partial charge < -0.3 is 9.84 Å². The first-order valence-electron chi connectivity index (χ1n) is 5.11. The second kappa shape index (κ2) is 5.61. The summed E-state index contributed by atoms with van der Waals surface area (Å²) in [6.45, 7) is 0.175. The van der Waals surface area contributed by atoms with Gasteiger partial charge in [-0.1, -0.05) is 11.6 Å². The van der Waals surface area contributed by atoms with E-state index >= 15 is 0 Å². The summed E-state index contributed by atoms with van der Waals surface area (Å²) in [4.78, 5) is 8.01. The van der Waals surface area contributed by atoms with Crippen molar-refractivity contribution in [1.82, 2.24) is 9.97 Å². The predicted octanol–water partition coefficient (Wildman–Crippen LogP) is 2.17. The van der Waals surface area contributed by atoms with Gasteiger partial charge in [0, 0.05) is 16.8 Å². The smallest absolute Gasteiger partial charge is 0.130 e. The summed E-state index contributed by atoms with van der Waals surface area (Å²) < 4.78 is 5.43. The predicted molar refractivity (Wildman–Crippen MR) is 65.1 cm³/mol. The summed E-state index contributed by atoms with van der Waals surface area (Å²) >= 11 is 5.91. The number of hydrogen-bond donors (Lipinski definition) is 1. The molecule has 0 amide bonds. The van der Waals surface area contributed by atoms with Crippen LogP contribution in [0.4, 0.5) is 0 Å². The third-order valence-electron chi connectivity index (χ3n) is 2.15. The molecule has 0 aliphatic rings. The molecular weight excluding hydrogens is 240 g/mol. The molecule has 1 aromatic carbocycles. The Kier molecular flexibility index (Phi) is 3.90. The molecule has 0 aliphatic carbocycles. The van der Waals surface area contributed by atoms with E-state index in [2.05, 4.69) is 9.97 Å². The van der Waals surface area contributed by atoms with Gasteiger partial charge in [-0.15, -0.1) is 0 Å². The lowest BCUT2D eigenvalue weighted by Gasteiger charge is -2.10. The number of aliphatic hydroxyl groups excluding tert-OH is 1. The van der Waals surface area contributed by atoms with Crippen molar-refractivity contribution in [1.29, 1.82) is 0 Å². The van der Waals surface area contributed by atoms with Crippen LogP contribution >= 0.6 is 11.6 Å². The normalized spacial score (nSPS) is 10.2. The molecule has 0 aliphatic heterocycles. The van der Waals surface area contributed by atoms with E-state index in [1.165, 1.54) is 6.33 Å². The molecule has 0 fully saturated rings. The van der Waals surface area contributed by atoms with Crippen LogP contribution in [0.15, 0.2) is 36.8 Å². The fourth-order valence-electron chi connectivity index (χ4n) is 1.43. The minimum absolute atomic E-state index is 0.0459. The number of halogens is 1. The summed E-state index contributed by atoms with van der Waals surface area (Å²) in [7, 11) is 0. The van der Waals surface area contributed by atoms with Gasteiger partial charge in [0.1, 0.15) is 18.7 Å². The maximum Gasteiger partial charge on any atom is 0.130 e. The van der Waals surface area contributed by atoms with E-state index in [9.17, 15) is 0 Å². The van der Waals surface area contributed by atoms with Gasteiger partial charge >= 0.3 is 0 Å². The zero-order valence-corrected chi connectivity index (χ0v) is 9.76. The van der Waals surface area contributed by atoms with Crippen LogP contribution in [-0.2, 0) is 0 Å². The molecular formula is C12H11ClN2O2. The molecule has 0 spiro atoms. The Morgan fingerprint density at radius 3 is 2.88 bits per heavy atom. The Morgan fingerprint density at radius 2 is 2.18 bits per heavy atom. The van der Waals surface area contributed by atoms with Crippen molar-refractivity contribution in [3.8, 4) is 17.0 Å². The van der Waals surface area contributed by atoms with E-state index in [0.29, 0.717) is 10.8 Å². The van der Waals surface area contributed by atoms with Gasteiger partial charge in [0.2, 0.25) is 0 Å². The first kappa shape index (κ1) is 11.8. The maximum atomic E-state index is 8.77. The van der Waals surface area contributed by atoms with Crippen LogP contribution in [0, 0.1) is 0 Å². The summed E-state index contributed by atoms with van der Waals surface area (Å²) in [6, 6.07) is 7.09. The van der Waals surface area contributed by atoms with Crippen LogP contribution in [0.5, 0.6) is 5.75 Å². The van der Waals surface area contributed by atoms with E-state index < -0.39 is 0 Å². The number of benzene rings is 1. The van der Waals surface area contributed by atoms with Crippen LogP contribution in [-0.4, -0.2) is 28.3 Å². The van der Waals surface area contributed by atoms with Crippen molar-refractivity contribution in [3.63, 3.8) is 0 Å². The third-order valence-corrected chi connectivity index (χ3v) is 2.39. The van der Waals surface area contributed by atoms with E-state index in [0.717, 1.165) is 11.3 Å². The molecule has 17 heavy (non-hydrogen) atoms. The fraction of sp³-hybridized carbons (Fsp3) is 0.167. The largest absolute Gasteiger partial charge is 0.490 e. The van der Waals surface area contributed by atoms with Crippen LogP contribution in [0.3, 0.4) is 0 Å². The Bertz CT molecular complexity index is 491. The van der Waals surface area contributed by atoms with Crippen molar-refractivity contribution in [2.75, 3.05) is 13.2 Å². The number of aromatic nitrogens is 2. The van der Waals surface area contributed by atoms with Gasteiger partial charge in [-0.25, -0.2) is 9.97 Å². The van der Waals surface area contributed by atoms with E-state index in [1.54, 1.807) is 24.4 Å². The summed E-state index contributed by atoms with van der Waals surface area (Å²) in [5.41, 5.74) is 1.58. The lowest BCUT2D eigenvalue weighted by atomic mass is 10.1. The van der Waals surface area contributed by atoms with Crippen molar-refractivity contribution in [3.05, 3.63) is 41.8 Å². The third kappa shape index (κ3) is 2.93. The number of hydrogen-bond acceptors (Lipinski definition) is 4. The number of rotatable bonds is 4. The highest BCUT2D eigenvalue weighted by Gasteiger charge is 2.08. The van der Waals surface area contributed by atoms with Crippen molar-refractivity contribution < 1.29 is 9.84 Å². The van der Waals surface area contributed by atoms with Gasteiger partial charge in [0.15, 0.2) is 0 Å². The van der Waals surface area contributed by atoms with Gasteiger partial charge in [-0.05, 0) is 24.3 Å². The Labute approximate surface area is 104 Å². The first-order valence-corrected chi connectivity index (χ1v) is 5.48. The minimum Gasteiger partial charge on any atom is -0.490 e. The van der Waals surface area contributed by atoms with Crippen molar-refractivity contribution >= 4 is 11.6 Å². The summed E-state index contributed by atoms with van der Waals surface area (Å²) in [5.74, 6) is 0.602. The van der Waals surface area contributed by atoms with Crippen molar-refractivity contribution in [2.24, 2.45) is 0 Å². The number of nitrogens with zero attached hydrogens (tertiary/aromatic N) is 2. The molecule has 0 unspecified atom stereocenters. The van der Waals surface area contributed by atoms with Crippen LogP contribution in [0.2, 0.25) is 5.02 Å². The Morgan fingerprint density at radius 1 is 1.29 bits per heavy atom. The summed E-state index contributed by atoms with van der Waals surface area (Å²) in [5, 5.41) is 9.35. The second-order valence-corrected chi connectivity index (χ2v) is 3.74. The molecule has 0 atom stereocenters. The minimum atomic E-state index is -0.0459. The lowest BCUT2D eigenvalue weighted by Crippen LogP contribution is -2.03. The Hall–Kier alpha value is -1.65. The molecule has 2 aromatic rings. The highest BCUT2D eigenvalue weighted by molar-refractivity contribution is 6.30. The highest BCUT2D eigenvalue weighted by atomic mass is 35.5. The van der Waals surface area contributed by atoms with Gasteiger partial charge in [0.25, 0.3) is 0 Å². The van der Waals surface area contributed by atoms with Crippen molar-refractivity contribution in [2.45, 2.75) is 0 Å². The highest BCUT2D eigenvalue weighted by Crippen LogP contribution is 2.30.